The minimum atomic E-state index is -0.373. The molecule has 0 bridgehead atoms. The zero-order valence-electron chi connectivity index (χ0n) is 14.0. The molecule has 2 aliphatic rings. The Morgan fingerprint density at radius 1 is 1.04 bits per heavy atom. The SMILES string of the molecule is CCCCC1C=CC(O[C@@H]2CCCC[C@H]2c2ccccc2)OO1. The van der Waals surface area contributed by atoms with Crippen molar-refractivity contribution in [2.75, 3.05) is 0 Å². The Balaban J connectivity index is 1.58. The number of hydrogen-bond donors (Lipinski definition) is 0. The molecule has 0 saturated heterocycles. The molecule has 23 heavy (non-hydrogen) atoms. The Labute approximate surface area is 139 Å². The van der Waals surface area contributed by atoms with E-state index in [0.717, 1.165) is 19.3 Å². The maximum Gasteiger partial charge on any atom is 0.210 e. The van der Waals surface area contributed by atoms with E-state index < -0.39 is 0 Å². The van der Waals surface area contributed by atoms with E-state index >= 15 is 0 Å². The third-order valence-electron chi connectivity index (χ3n) is 4.84. The van der Waals surface area contributed by atoms with Gasteiger partial charge in [0.05, 0.1) is 6.10 Å². The lowest BCUT2D eigenvalue weighted by molar-refractivity contribution is -0.393. The number of rotatable bonds is 6. The van der Waals surface area contributed by atoms with Crippen LogP contribution in [0.1, 0.15) is 63.4 Å². The molecule has 1 aromatic rings. The molecular formula is C20H28O3. The van der Waals surface area contributed by atoms with Crippen LogP contribution in [0.5, 0.6) is 0 Å². The Morgan fingerprint density at radius 2 is 1.87 bits per heavy atom. The lowest BCUT2D eigenvalue weighted by Crippen LogP contribution is -2.33. The molecule has 126 valence electrons. The van der Waals surface area contributed by atoms with Gasteiger partial charge in [-0.3, -0.25) is 0 Å². The van der Waals surface area contributed by atoms with E-state index in [4.69, 9.17) is 14.5 Å². The fourth-order valence-corrected chi connectivity index (χ4v) is 3.54. The summed E-state index contributed by atoms with van der Waals surface area (Å²) in [5.41, 5.74) is 1.37. The standard InChI is InChI=1S/C20H28O3/c1-2-3-11-17-14-15-20(23-22-17)21-19-13-8-7-12-18(19)16-9-5-4-6-10-16/h4-6,9-10,14-15,17-20H,2-3,7-8,11-13H2,1H3/t17?,18-,19+,20?/m0/s1. The third kappa shape index (κ3) is 4.66. The molecular weight excluding hydrogens is 288 g/mol. The topological polar surface area (TPSA) is 27.7 Å². The van der Waals surface area contributed by atoms with Gasteiger partial charge < -0.3 is 4.74 Å². The van der Waals surface area contributed by atoms with Crippen LogP contribution < -0.4 is 0 Å². The molecule has 1 heterocycles. The number of unbranched alkanes of at least 4 members (excludes halogenated alkanes) is 1. The Kier molecular flexibility index (Phi) is 6.26. The van der Waals surface area contributed by atoms with Crippen molar-refractivity contribution in [3.05, 3.63) is 48.0 Å². The van der Waals surface area contributed by atoms with Crippen molar-refractivity contribution in [1.82, 2.24) is 0 Å². The van der Waals surface area contributed by atoms with Crippen LogP contribution in [0.4, 0.5) is 0 Å². The highest BCUT2D eigenvalue weighted by Gasteiger charge is 2.30. The fourth-order valence-electron chi connectivity index (χ4n) is 3.54. The van der Waals surface area contributed by atoms with E-state index in [9.17, 15) is 0 Å². The summed E-state index contributed by atoms with van der Waals surface area (Å²) >= 11 is 0. The molecule has 1 aromatic carbocycles. The monoisotopic (exact) mass is 316 g/mol. The molecule has 1 fully saturated rings. The molecule has 1 saturated carbocycles. The van der Waals surface area contributed by atoms with Crippen molar-refractivity contribution in [2.24, 2.45) is 0 Å². The first kappa shape index (κ1) is 16.7. The largest absolute Gasteiger partial charge is 0.343 e. The molecule has 3 nitrogen and oxygen atoms in total. The van der Waals surface area contributed by atoms with E-state index in [1.807, 2.05) is 6.08 Å². The zero-order valence-corrected chi connectivity index (χ0v) is 14.0. The quantitative estimate of drug-likeness (QED) is 0.538. The summed E-state index contributed by atoms with van der Waals surface area (Å²) in [6.45, 7) is 2.19. The van der Waals surface area contributed by atoms with Crippen LogP contribution in [0.3, 0.4) is 0 Å². The molecule has 3 rings (SSSR count). The lowest BCUT2D eigenvalue weighted by Gasteiger charge is -2.34. The molecule has 1 aliphatic heterocycles. The fraction of sp³-hybridized carbons (Fsp3) is 0.600. The van der Waals surface area contributed by atoms with Gasteiger partial charge in [-0.05, 0) is 30.9 Å². The van der Waals surface area contributed by atoms with Gasteiger partial charge in [0.2, 0.25) is 6.29 Å². The van der Waals surface area contributed by atoms with Gasteiger partial charge in [0.25, 0.3) is 0 Å². The summed E-state index contributed by atoms with van der Waals surface area (Å²) in [4.78, 5) is 10.9. The van der Waals surface area contributed by atoms with Crippen molar-refractivity contribution in [1.29, 1.82) is 0 Å². The van der Waals surface area contributed by atoms with Crippen LogP contribution >= 0.6 is 0 Å². The maximum absolute atomic E-state index is 6.22. The van der Waals surface area contributed by atoms with E-state index in [1.165, 1.54) is 31.2 Å². The minimum Gasteiger partial charge on any atom is -0.343 e. The van der Waals surface area contributed by atoms with Crippen molar-refractivity contribution in [2.45, 2.75) is 76.3 Å². The predicted molar refractivity (Wildman–Crippen MR) is 90.9 cm³/mol. The molecule has 1 aliphatic carbocycles. The molecule has 0 spiro atoms. The summed E-state index contributed by atoms with van der Waals surface area (Å²) in [5, 5.41) is 0. The van der Waals surface area contributed by atoms with Crippen LogP contribution in [0, 0.1) is 0 Å². The first-order valence-corrected chi connectivity index (χ1v) is 9.07. The van der Waals surface area contributed by atoms with Crippen LogP contribution in [0.15, 0.2) is 42.5 Å². The van der Waals surface area contributed by atoms with Crippen LogP contribution in [0.2, 0.25) is 0 Å². The zero-order chi connectivity index (χ0) is 15.9. The maximum atomic E-state index is 6.22. The van der Waals surface area contributed by atoms with Gasteiger partial charge >= 0.3 is 0 Å². The van der Waals surface area contributed by atoms with E-state index in [-0.39, 0.29) is 18.5 Å². The molecule has 4 atom stereocenters. The highest BCUT2D eigenvalue weighted by Crippen LogP contribution is 2.36. The predicted octanol–water partition coefficient (Wildman–Crippen LogP) is 5.13. The van der Waals surface area contributed by atoms with Crippen LogP contribution in [0.25, 0.3) is 0 Å². The second-order valence-corrected chi connectivity index (χ2v) is 6.60. The smallest absolute Gasteiger partial charge is 0.210 e. The molecule has 3 heteroatoms. The van der Waals surface area contributed by atoms with Gasteiger partial charge in [0.15, 0.2) is 0 Å². The summed E-state index contributed by atoms with van der Waals surface area (Å²) in [5.74, 6) is 0.458. The van der Waals surface area contributed by atoms with Gasteiger partial charge in [0, 0.05) is 5.92 Å². The van der Waals surface area contributed by atoms with E-state index in [2.05, 4.69) is 43.3 Å². The van der Waals surface area contributed by atoms with Crippen LogP contribution in [-0.4, -0.2) is 18.5 Å². The first-order valence-electron chi connectivity index (χ1n) is 9.07. The van der Waals surface area contributed by atoms with Crippen molar-refractivity contribution in [3.63, 3.8) is 0 Å². The average molecular weight is 316 g/mol. The van der Waals surface area contributed by atoms with Gasteiger partial charge in [0.1, 0.15) is 6.10 Å². The number of benzene rings is 1. The Morgan fingerprint density at radius 3 is 2.61 bits per heavy atom. The van der Waals surface area contributed by atoms with E-state index in [0.29, 0.717) is 5.92 Å². The number of hydrogen-bond acceptors (Lipinski definition) is 3. The van der Waals surface area contributed by atoms with Crippen molar-refractivity contribution >= 4 is 0 Å². The first-order chi connectivity index (χ1) is 11.4. The lowest BCUT2D eigenvalue weighted by atomic mass is 9.81. The highest BCUT2D eigenvalue weighted by molar-refractivity contribution is 5.21. The van der Waals surface area contributed by atoms with Crippen molar-refractivity contribution < 1.29 is 14.5 Å². The van der Waals surface area contributed by atoms with Gasteiger partial charge in [-0.2, -0.15) is 4.89 Å². The summed E-state index contributed by atoms with van der Waals surface area (Å²) in [7, 11) is 0. The third-order valence-corrected chi connectivity index (χ3v) is 4.84. The molecule has 0 radical (unpaired) electrons. The highest BCUT2D eigenvalue weighted by atomic mass is 17.2. The van der Waals surface area contributed by atoms with Crippen LogP contribution in [-0.2, 0) is 14.5 Å². The van der Waals surface area contributed by atoms with Gasteiger partial charge in [-0.25, -0.2) is 4.89 Å². The average Bonchev–Trinajstić information content (AvgIpc) is 2.62. The minimum absolute atomic E-state index is 0.0751. The second-order valence-electron chi connectivity index (χ2n) is 6.60. The van der Waals surface area contributed by atoms with Gasteiger partial charge in [-0.15, -0.1) is 0 Å². The molecule has 0 aromatic heterocycles. The normalized spacial score (nSPS) is 31.2. The van der Waals surface area contributed by atoms with E-state index in [1.54, 1.807) is 0 Å². The molecule has 0 N–H and O–H groups in total. The number of ether oxygens (including phenoxy) is 1. The molecule has 2 unspecified atom stereocenters. The van der Waals surface area contributed by atoms with Gasteiger partial charge in [-0.1, -0.05) is 69.0 Å². The Hall–Kier alpha value is -1.16. The molecule has 0 amide bonds. The Bertz CT molecular complexity index is 485. The second kappa shape index (κ2) is 8.62. The summed E-state index contributed by atoms with van der Waals surface area (Å²) in [6.07, 6.45) is 12.1. The summed E-state index contributed by atoms with van der Waals surface area (Å²) in [6, 6.07) is 10.7. The summed E-state index contributed by atoms with van der Waals surface area (Å²) < 4.78 is 6.22. The van der Waals surface area contributed by atoms with Crippen molar-refractivity contribution in [3.8, 4) is 0 Å².